The van der Waals surface area contributed by atoms with Gasteiger partial charge in [-0.3, -0.25) is 19.8 Å². The van der Waals surface area contributed by atoms with E-state index in [1.807, 2.05) is 4.72 Å². The highest BCUT2D eigenvalue weighted by atomic mass is 35.5. The zero-order chi connectivity index (χ0) is 23.5. The number of carbonyl (C=O) groups is 1. The molecule has 2 aromatic carbocycles. The Morgan fingerprint density at radius 1 is 1.22 bits per heavy atom. The molecule has 0 aliphatic carbocycles. The highest BCUT2D eigenvalue weighted by Gasteiger charge is 2.34. The minimum absolute atomic E-state index is 0.0654. The summed E-state index contributed by atoms with van der Waals surface area (Å²) in [6.07, 6.45) is -5.14. The molecule has 172 valence electrons. The summed E-state index contributed by atoms with van der Waals surface area (Å²) >= 11 is 6.17. The van der Waals surface area contributed by atoms with E-state index in [4.69, 9.17) is 11.6 Å². The molecule has 32 heavy (non-hydrogen) atoms. The van der Waals surface area contributed by atoms with Crippen molar-refractivity contribution in [2.75, 3.05) is 11.3 Å². The van der Waals surface area contributed by atoms with E-state index in [0.717, 1.165) is 12.1 Å². The van der Waals surface area contributed by atoms with E-state index in [1.165, 1.54) is 29.3 Å². The lowest BCUT2D eigenvalue weighted by Gasteiger charge is -2.19. The summed E-state index contributed by atoms with van der Waals surface area (Å²) in [6.45, 7) is 2.16. The number of sulfonamides is 1. The molecule has 0 aromatic heterocycles. The molecule has 10 nitrogen and oxygen atoms in total. The third kappa shape index (κ3) is 5.33. The third-order valence-electron chi connectivity index (χ3n) is 4.01. The van der Waals surface area contributed by atoms with E-state index in [9.17, 15) is 26.4 Å². The van der Waals surface area contributed by atoms with Crippen LogP contribution in [0, 0.1) is 0 Å². The first kappa shape index (κ1) is 23.4. The average molecular weight is 493 g/mol. The Hall–Kier alpha value is -3.23. The maximum absolute atomic E-state index is 12.9. The van der Waals surface area contributed by atoms with Crippen LogP contribution in [-0.2, 0) is 10.0 Å². The number of guanidine groups is 1. The number of rotatable bonds is 6. The number of anilines is 1. The molecule has 0 fully saturated rings. The van der Waals surface area contributed by atoms with Gasteiger partial charge >= 0.3 is 6.36 Å². The first-order valence-electron chi connectivity index (χ1n) is 8.85. The van der Waals surface area contributed by atoms with Crippen LogP contribution >= 0.6 is 11.6 Å². The minimum Gasteiger partial charge on any atom is -0.403 e. The molecule has 3 rings (SSSR count). The van der Waals surface area contributed by atoms with Gasteiger partial charge in [0.15, 0.2) is 5.75 Å². The molecular weight excluding hydrogens is 477 g/mol. The quantitative estimate of drug-likeness (QED) is 0.488. The Labute approximate surface area is 185 Å². The summed E-state index contributed by atoms with van der Waals surface area (Å²) in [5, 5.41) is 7.02. The van der Waals surface area contributed by atoms with Gasteiger partial charge in [-0.15, -0.1) is 23.8 Å². The second-order valence-electron chi connectivity index (χ2n) is 6.12. The summed E-state index contributed by atoms with van der Waals surface area (Å²) in [4.78, 5) is 12.4. The lowest BCUT2D eigenvalue weighted by molar-refractivity contribution is -0.274. The number of halogens is 4. The first-order valence-corrected chi connectivity index (χ1v) is 10.7. The van der Waals surface area contributed by atoms with Crippen molar-refractivity contribution in [3.63, 3.8) is 0 Å². The summed E-state index contributed by atoms with van der Waals surface area (Å²) in [5.41, 5.74) is 3.96. The van der Waals surface area contributed by atoms with Crippen molar-refractivity contribution in [3.05, 3.63) is 53.1 Å². The molecule has 1 heterocycles. The molecule has 15 heteroatoms. The molecule has 1 amide bonds. The monoisotopic (exact) mass is 492 g/mol. The molecular formula is C17H16ClF3N6O4S. The number of carbonyl (C=O) groups excluding carboxylic acids is 1. The minimum atomic E-state index is -5.14. The average Bonchev–Trinajstić information content (AvgIpc) is 3.17. The van der Waals surface area contributed by atoms with Crippen molar-refractivity contribution in [2.24, 2.45) is 5.10 Å². The topological polar surface area (TPSA) is 124 Å². The SMILES string of the molecule is CCN1NNN=C1NC(=O)c1ccc(OC(F)(F)F)c(NS(=O)(=O)c2ccccc2)c1Cl. The van der Waals surface area contributed by atoms with E-state index < -0.39 is 38.8 Å². The van der Waals surface area contributed by atoms with Crippen LogP contribution in [0.1, 0.15) is 17.3 Å². The van der Waals surface area contributed by atoms with E-state index in [1.54, 1.807) is 13.0 Å². The van der Waals surface area contributed by atoms with E-state index in [2.05, 4.69) is 26.2 Å². The van der Waals surface area contributed by atoms with Crippen LogP contribution < -0.4 is 25.8 Å². The van der Waals surface area contributed by atoms with Crippen molar-refractivity contribution in [1.82, 2.24) is 21.4 Å². The van der Waals surface area contributed by atoms with Crippen molar-refractivity contribution in [1.29, 1.82) is 0 Å². The Morgan fingerprint density at radius 2 is 1.91 bits per heavy atom. The number of nitrogens with zero attached hydrogens (tertiary/aromatic N) is 2. The van der Waals surface area contributed by atoms with Gasteiger partial charge in [0, 0.05) is 6.54 Å². The highest BCUT2D eigenvalue weighted by Crippen LogP contribution is 2.39. The number of hydrazine groups is 2. The fourth-order valence-electron chi connectivity index (χ4n) is 2.58. The van der Waals surface area contributed by atoms with Gasteiger partial charge in [0.2, 0.25) is 5.96 Å². The van der Waals surface area contributed by atoms with Gasteiger partial charge in [0.1, 0.15) is 5.69 Å². The number of hydrogen-bond donors (Lipinski definition) is 4. The Bertz CT molecular complexity index is 1140. The fraction of sp³-hybridized carbons (Fsp3) is 0.176. The second-order valence-corrected chi connectivity index (χ2v) is 8.18. The van der Waals surface area contributed by atoms with E-state index >= 15 is 0 Å². The van der Waals surface area contributed by atoms with Gasteiger partial charge < -0.3 is 4.74 Å². The van der Waals surface area contributed by atoms with Crippen LogP contribution in [0.2, 0.25) is 5.02 Å². The first-order chi connectivity index (χ1) is 15.0. The molecule has 0 unspecified atom stereocenters. The number of benzene rings is 2. The number of amides is 1. The predicted molar refractivity (Wildman–Crippen MR) is 109 cm³/mol. The lowest BCUT2D eigenvalue weighted by atomic mass is 10.1. The Kier molecular flexibility index (Phi) is 6.66. The Morgan fingerprint density at radius 3 is 2.53 bits per heavy atom. The Balaban J connectivity index is 2.00. The van der Waals surface area contributed by atoms with Crippen LogP contribution in [0.15, 0.2) is 52.5 Å². The largest absolute Gasteiger partial charge is 0.573 e. The maximum Gasteiger partial charge on any atom is 0.573 e. The van der Waals surface area contributed by atoms with Crippen molar-refractivity contribution in [2.45, 2.75) is 18.2 Å². The maximum atomic E-state index is 12.9. The number of hydrazone groups is 1. The van der Waals surface area contributed by atoms with Crippen molar-refractivity contribution < 1.29 is 31.1 Å². The standard InChI is InChI=1S/C17H16ClF3N6O4S/c1-2-27-16(23-25-26-27)22-15(28)11-8-9-12(31-17(19,20)21)14(13(11)18)24-32(29,30)10-6-4-3-5-7-10/h3-9,24-26H,2H2,1H3,(H,22,23,28). The molecule has 4 N–H and O–H groups in total. The van der Waals surface area contributed by atoms with Gasteiger partial charge in [-0.2, -0.15) is 0 Å². The summed E-state index contributed by atoms with van der Waals surface area (Å²) in [5.74, 6) is -1.72. The van der Waals surface area contributed by atoms with Gasteiger partial charge in [-0.25, -0.2) is 14.0 Å². The molecule has 0 bridgehead atoms. The van der Waals surface area contributed by atoms with Crippen molar-refractivity contribution in [3.8, 4) is 5.75 Å². The summed E-state index contributed by atoms with van der Waals surface area (Å²) < 4.78 is 69.8. The molecule has 0 atom stereocenters. The smallest absolute Gasteiger partial charge is 0.403 e. The van der Waals surface area contributed by atoms with Gasteiger partial charge in [-0.05, 0) is 31.2 Å². The van der Waals surface area contributed by atoms with Gasteiger partial charge in [-0.1, -0.05) is 29.8 Å². The molecule has 0 radical (unpaired) electrons. The molecule has 0 saturated carbocycles. The molecule has 0 saturated heterocycles. The van der Waals surface area contributed by atoms with Crippen LogP contribution in [0.3, 0.4) is 0 Å². The molecule has 2 aromatic rings. The summed E-state index contributed by atoms with van der Waals surface area (Å²) in [6, 6.07) is 8.62. The van der Waals surface area contributed by atoms with Gasteiger partial charge in [0.05, 0.1) is 15.5 Å². The van der Waals surface area contributed by atoms with E-state index in [0.29, 0.717) is 6.54 Å². The normalized spacial score (nSPS) is 13.9. The van der Waals surface area contributed by atoms with Crippen molar-refractivity contribution >= 4 is 39.2 Å². The van der Waals surface area contributed by atoms with Crippen LogP contribution in [0.5, 0.6) is 5.75 Å². The van der Waals surface area contributed by atoms with Crippen LogP contribution in [-0.4, -0.2) is 38.2 Å². The summed E-state index contributed by atoms with van der Waals surface area (Å²) in [7, 11) is -4.36. The predicted octanol–water partition coefficient (Wildman–Crippen LogP) is 2.38. The third-order valence-corrected chi connectivity index (χ3v) is 5.77. The fourth-order valence-corrected chi connectivity index (χ4v) is 4.03. The van der Waals surface area contributed by atoms with Crippen LogP contribution in [0.25, 0.3) is 0 Å². The zero-order valence-corrected chi connectivity index (χ0v) is 17.8. The van der Waals surface area contributed by atoms with Crippen LogP contribution in [0.4, 0.5) is 18.9 Å². The van der Waals surface area contributed by atoms with E-state index in [-0.39, 0.29) is 16.4 Å². The number of hydrogen-bond acceptors (Lipinski definition) is 8. The zero-order valence-electron chi connectivity index (χ0n) is 16.2. The number of ether oxygens (including phenoxy) is 1. The van der Waals surface area contributed by atoms with Gasteiger partial charge in [0.25, 0.3) is 15.9 Å². The second kappa shape index (κ2) is 9.10. The molecule has 0 spiro atoms. The number of alkyl halides is 3. The highest BCUT2D eigenvalue weighted by molar-refractivity contribution is 7.92. The number of nitrogens with one attached hydrogen (secondary N) is 4. The molecule has 1 aliphatic rings. The molecule has 1 aliphatic heterocycles. The lowest BCUT2D eigenvalue weighted by Crippen LogP contribution is -2.47.